The second kappa shape index (κ2) is 13.6. The maximum atomic E-state index is 12.7. The lowest BCUT2D eigenvalue weighted by atomic mass is 10.1. The number of carbonyl (C=O) groups is 4. The fourth-order valence-corrected chi connectivity index (χ4v) is 3.19. The van der Waals surface area contributed by atoms with Gasteiger partial charge in [0.2, 0.25) is 5.91 Å². The number of rotatable bonds is 11. The minimum Gasteiger partial charge on any atom is -0.495 e. The van der Waals surface area contributed by atoms with Crippen molar-refractivity contribution >= 4 is 35.3 Å². The Morgan fingerprint density at radius 2 is 1.61 bits per heavy atom. The zero-order valence-corrected chi connectivity index (χ0v) is 21.0. The molecule has 0 fully saturated rings. The van der Waals surface area contributed by atoms with Gasteiger partial charge in [0, 0.05) is 39.4 Å². The van der Waals surface area contributed by atoms with Gasteiger partial charge in [-0.15, -0.1) is 0 Å². The van der Waals surface area contributed by atoms with Crippen LogP contribution in [0.15, 0.2) is 42.5 Å². The lowest BCUT2D eigenvalue weighted by Crippen LogP contribution is -2.42. The summed E-state index contributed by atoms with van der Waals surface area (Å²) >= 11 is 0. The number of nitrogens with zero attached hydrogens (tertiary/aromatic N) is 2. The van der Waals surface area contributed by atoms with Crippen molar-refractivity contribution in [3.05, 3.63) is 53.6 Å². The van der Waals surface area contributed by atoms with Crippen LogP contribution in [-0.2, 0) is 16.0 Å². The standard InChI is InChI=1S/C25H33N5O6/c1-17-7-5-6-8-19(17)27-24(34)28-20-10-9-18(15-21(20)36-4)16-22(31)29(2)13-14-30(3)25(35)26-12-11-23(32)33/h5-10,15H,11-14,16H2,1-4H3,(H,26,35)(H,32,33)(H2,27,28,34). The van der Waals surface area contributed by atoms with E-state index in [0.29, 0.717) is 29.2 Å². The number of likely N-dealkylation sites (N-methyl/N-ethyl adjacent to an activating group) is 2. The van der Waals surface area contributed by atoms with Crippen molar-refractivity contribution < 1.29 is 29.0 Å². The van der Waals surface area contributed by atoms with Gasteiger partial charge < -0.3 is 35.6 Å². The van der Waals surface area contributed by atoms with E-state index in [1.54, 1.807) is 38.4 Å². The Bertz CT molecular complexity index is 1090. The van der Waals surface area contributed by atoms with Gasteiger partial charge in [0.15, 0.2) is 0 Å². The highest BCUT2D eigenvalue weighted by Crippen LogP contribution is 2.26. The van der Waals surface area contributed by atoms with Crippen LogP contribution in [0, 0.1) is 6.92 Å². The average molecular weight is 500 g/mol. The Morgan fingerprint density at radius 3 is 2.28 bits per heavy atom. The summed E-state index contributed by atoms with van der Waals surface area (Å²) in [4.78, 5) is 50.5. The first-order valence-electron chi connectivity index (χ1n) is 11.4. The number of urea groups is 2. The van der Waals surface area contributed by atoms with E-state index in [1.807, 2.05) is 25.1 Å². The van der Waals surface area contributed by atoms with Crippen LogP contribution >= 0.6 is 0 Å². The summed E-state index contributed by atoms with van der Waals surface area (Å²) in [5.41, 5.74) is 2.79. The van der Waals surface area contributed by atoms with Crippen LogP contribution in [-0.4, -0.2) is 79.7 Å². The Morgan fingerprint density at radius 1 is 0.944 bits per heavy atom. The van der Waals surface area contributed by atoms with Crippen LogP contribution in [0.5, 0.6) is 5.75 Å². The molecule has 36 heavy (non-hydrogen) atoms. The predicted octanol–water partition coefficient (Wildman–Crippen LogP) is 2.76. The minimum absolute atomic E-state index is 0.0352. The highest BCUT2D eigenvalue weighted by atomic mass is 16.5. The van der Waals surface area contributed by atoms with Crippen LogP contribution in [0.25, 0.3) is 0 Å². The summed E-state index contributed by atoms with van der Waals surface area (Å²) in [5.74, 6) is -0.732. The molecular weight excluding hydrogens is 466 g/mol. The van der Waals surface area contributed by atoms with Gasteiger partial charge in [-0.05, 0) is 36.2 Å². The van der Waals surface area contributed by atoms with Gasteiger partial charge in [-0.2, -0.15) is 0 Å². The number of aryl methyl sites for hydroxylation is 1. The predicted molar refractivity (Wildman–Crippen MR) is 136 cm³/mol. The van der Waals surface area contributed by atoms with E-state index >= 15 is 0 Å². The third kappa shape index (κ3) is 8.82. The Balaban J connectivity index is 1.89. The molecule has 0 aromatic heterocycles. The van der Waals surface area contributed by atoms with E-state index in [-0.39, 0.29) is 31.8 Å². The van der Waals surface area contributed by atoms with Gasteiger partial charge in [0.1, 0.15) is 5.75 Å². The molecule has 2 aromatic carbocycles. The number of amides is 5. The molecule has 0 unspecified atom stereocenters. The van der Waals surface area contributed by atoms with Crippen molar-refractivity contribution in [1.29, 1.82) is 0 Å². The molecule has 0 spiro atoms. The van der Waals surface area contributed by atoms with Crippen molar-refractivity contribution in [2.24, 2.45) is 0 Å². The van der Waals surface area contributed by atoms with E-state index < -0.39 is 18.0 Å². The second-order valence-corrected chi connectivity index (χ2v) is 8.22. The molecule has 194 valence electrons. The molecule has 11 heteroatoms. The molecule has 0 aliphatic rings. The van der Waals surface area contributed by atoms with Crippen LogP contribution in [0.2, 0.25) is 0 Å². The quantitative estimate of drug-likeness (QED) is 0.375. The van der Waals surface area contributed by atoms with E-state index in [2.05, 4.69) is 16.0 Å². The molecule has 0 radical (unpaired) electrons. The second-order valence-electron chi connectivity index (χ2n) is 8.22. The molecule has 11 nitrogen and oxygen atoms in total. The van der Waals surface area contributed by atoms with Crippen molar-refractivity contribution in [2.75, 3.05) is 51.5 Å². The molecular formula is C25H33N5O6. The zero-order valence-electron chi connectivity index (χ0n) is 21.0. The summed E-state index contributed by atoms with van der Waals surface area (Å²) in [5, 5.41) is 16.7. The number of aliphatic carboxylic acids is 1. The maximum absolute atomic E-state index is 12.7. The number of nitrogens with one attached hydrogen (secondary N) is 3. The number of carboxylic acid groups (broad SMARTS) is 1. The number of benzene rings is 2. The van der Waals surface area contributed by atoms with Crippen molar-refractivity contribution in [2.45, 2.75) is 19.8 Å². The third-order valence-corrected chi connectivity index (χ3v) is 5.42. The highest BCUT2D eigenvalue weighted by Gasteiger charge is 2.15. The van der Waals surface area contributed by atoms with Gasteiger partial charge in [0.25, 0.3) is 0 Å². The number of carboxylic acids is 1. The van der Waals surface area contributed by atoms with E-state index in [0.717, 1.165) is 5.56 Å². The van der Waals surface area contributed by atoms with Gasteiger partial charge in [-0.1, -0.05) is 24.3 Å². The van der Waals surface area contributed by atoms with Crippen LogP contribution in [0.3, 0.4) is 0 Å². The average Bonchev–Trinajstić information content (AvgIpc) is 2.84. The lowest BCUT2D eigenvalue weighted by molar-refractivity contribution is -0.136. The van der Waals surface area contributed by atoms with Crippen molar-refractivity contribution in [3.8, 4) is 5.75 Å². The van der Waals surface area contributed by atoms with Crippen LogP contribution in [0.4, 0.5) is 21.0 Å². The zero-order chi connectivity index (χ0) is 26.7. The Hall–Kier alpha value is -4.28. The molecule has 0 saturated carbocycles. The van der Waals surface area contributed by atoms with Gasteiger partial charge in [0.05, 0.1) is 25.6 Å². The first-order valence-corrected chi connectivity index (χ1v) is 11.4. The number of carbonyl (C=O) groups excluding carboxylic acids is 3. The molecule has 0 atom stereocenters. The van der Waals surface area contributed by atoms with Crippen molar-refractivity contribution in [3.63, 3.8) is 0 Å². The summed E-state index contributed by atoms with van der Waals surface area (Å²) in [6.45, 7) is 2.52. The molecule has 0 aliphatic carbocycles. The normalized spacial score (nSPS) is 10.2. The summed E-state index contributed by atoms with van der Waals surface area (Å²) < 4.78 is 5.40. The fourth-order valence-electron chi connectivity index (χ4n) is 3.19. The van der Waals surface area contributed by atoms with E-state index in [1.165, 1.54) is 16.9 Å². The number of para-hydroxylation sites is 1. The maximum Gasteiger partial charge on any atom is 0.323 e. The largest absolute Gasteiger partial charge is 0.495 e. The number of methoxy groups -OCH3 is 1. The van der Waals surface area contributed by atoms with Gasteiger partial charge in [-0.3, -0.25) is 9.59 Å². The first-order chi connectivity index (χ1) is 17.1. The summed E-state index contributed by atoms with van der Waals surface area (Å²) in [6.07, 6.45) is -0.0514. The van der Waals surface area contributed by atoms with Crippen LogP contribution < -0.4 is 20.7 Å². The Labute approximate surface area is 210 Å². The molecule has 0 heterocycles. The molecule has 4 N–H and O–H groups in total. The fraction of sp³-hybridized carbons (Fsp3) is 0.360. The SMILES string of the molecule is COc1cc(CC(=O)N(C)CCN(C)C(=O)NCCC(=O)O)ccc1NC(=O)Nc1ccccc1C. The monoisotopic (exact) mass is 499 g/mol. The number of anilines is 2. The lowest BCUT2D eigenvalue weighted by Gasteiger charge is -2.23. The third-order valence-electron chi connectivity index (χ3n) is 5.42. The van der Waals surface area contributed by atoms with Gasteiger partial charge >= 0.3 is 18.0 Å². The molecule has 5 amide bonds. The molecule has 0 aliphatic heterocycles. The molecule has 0 saturated heterocycles. The molecule has 2 rings (SSSR count). The summed E-state index contributed by atoms with van der Waals surface area (Å²) in [7, 11) is 4.69. The smallest absolute Gasteiger partial charge is 0.323 e. The number of hydrogen-bond acceptors (Lipinski definition) is 5. The van der Waals surface area contributed by atoms with Gasteiger partial charge in [-0.25, -0.2) is 9.59 Å². The number of hydrogen-bond donors (Lipinski definition) is 4. The minimum atomic E-state index is -0.991. The number of ether oxygens (including phenoxy) is 1. The Kier molecular flexibility index (Phi) is 10.5. The van der Waals surface area contributed by atoms with E-state index in [4.69, 9.17) is 9.84 Å². The van der Waals surface area contributed by atoms with E-state index in [9.17, 15) is 19.2 Å². The van der Waals surface area contributed by atoms with Crippen molar-refractivity contribution in [1.82, 2.24) is 15.1 Å². The molecule has 0 bridgehead atoms. The molecule has 2 aromatic rings. The topological polar surface area (TPSA) is 140 Å². The van der Waals surface area contributed by atoms with Crippen LogP contribution in [0.1, 0.15) is 17.5 Å². The highest BCUT2D eigenvalue weighted by molar-refractivity contribution is 6.01. The summed E-state index contributed by atoms with van der Waals surface area (Å²) in [6, 6.07) is 11.7. The first kappa shape index (κ1) is 28.0.